The quantitative estimate of drug-likeness (QED) is 0.511. The van der Waals surface area contributed by atoms with Crippen molar-refractivity contribution in [2.45, 2.75) is 23.9 Å². The Bertz CT molecular complexity index is 975. The summed E-state index contributed by atoms with van der Waals surface area (Å²) in [4.78, 5) is 11.8. The van der Waals surface area contributed by atoms with E-state index >= 15 is 0 Å². The molecule has 0 amide bonds. The van der Waals surface area contributed by atoms with Crippen LogP contribution < -0.4 is 10.5 Å². The highest BCUT2D eigenvalue weighted by atomic mass is 35.5. The van der Waals surface area contributed by atoms with Gasteiger partial charge < -0.3 is 15.0 Å². The van der Waals surface area contributed by atoms with E-state index in [1.54, 1.807) is 22.9 Å². The van der Waals surface area contributed by atoms with Crippen molar-refractivity contribution in [2.24, 2.45) is 0 Å². The minimum atomic E-state index is -4.13. The Morgan fingerprint density at radius 3 is 2.59 bits per heavy atom. The van der Waals surface area contributed by atoms with Crippen molar-refractivity contribution in [2.75, 3.05) is 12.8 Å². The van der Waals surface area contributed by atoms with Crippen LogP contribution in [-0.4, -0.2) is 32.1 Å². The van der Waals surface area contributed by atoms with E-state index in [0.717, 1.165) is 19.2 Å². The van der Waals surface area contributed by atoms with Gasteiger partial charge in [-0.1, -0.05) is 23.2 Å². The lowest BCUT2D eigenvalue weighted by Crippen LogP contribution is -2.42. The van der Waals surface area contributed by atoms with Gasteiger partial charge in [-0.15, -0.1) is 0 Å². The van der Waals surface area contributed by atoms with Crippen LogP contribution in [0.4, 0.5) is 5.69 Å². The molecule has 1 aromatic carbocycles. The van der Waals surface area contributed by atoms with Gasteiger partial charge >= 0.3 is 5.97 Å². The minimum absolute atomic E-state index is 0.0245. The number of ether oxygens (including phenoxy) is 1. The summed E-state index contributed by atoms with van der Waals surface area (Å²) in [5, 5.41) is 8.98. The third-order valence-corrected chi connectivity index (χ3v) is 5.83. The molecule has 8 nitrogen and oxygen atoms in total. The predicted molar refractivity (Wildman–Crippen MR) is 101 cm³/mol. The van der Waals surface area contributed by atoms with Gasteiger partial charge in [-0.2, -0.15) is 9.98 Å². The molecule has 0 bridgehead atoms. The lowest BCUT2D eigenvalue weighted by Gasteiger charge is -2.18. The number of halogens is 2. The minimum Gasteiger partial charge on any atom is -0.468 e. The van der Waals surface area contributed by atoms with Crippen LogP contribution in [0.3, 0.4) is 0 Å². The maximum absolute atomic E-state index is 12.6. The number of aryl methyl sites for hydroxylation is 1. The molecule has 0 aliphatic heterocycles. The van der Waals surface area contributed by atoms with E-state index < -0.39 is 22.0 Å². The lowest BCUT2D eigenvalue weighted by molar-refractivity contribution is -0.142. The van der Waals surface area contributed by atoms with Gasteiger partial charge in [-0.25, -0.2) is 8.42 Å². The average Bonchev–Trinajstić information content (AvgIpc) is 3.09. The van der Waals surface area contributed by atoms with Crippen LogP contribution in [0.1, 0.15) is 12.1 Å². The van der Waals surface area contributed by atoms with Gasteiger partial charge in [-0.05, 0) is 30.7 Å². The molecule has 0 aliphatic carbocycles. The standard InChI is InChI=1S/C16H16Cl2N4O4S/c1-26-16(23)14(4-6-22-5-2-3-10(22)9-19)21-27(24,25)11-7-12(17)15(20)13(18)8-11/h2-3,5,7-8,14,21H,4,6,20H2,1H3. The number of hydrogen-bond donors (Lipinski definition) is 2. The van der Waals surface area contributed by atoms with Crippen LogP contribution in [0.15, 0.2) is 35.4 Å². The van der Waals surface area contributed by atoms with Gasteiger partial charge in [0.05, 0.1) is 27.7 Å². The van der Waals surface area contributed by atoms with Crippen LogP contribution in [0.2, 0.25) is 10.0 Å². The fraction of sp³-hybridized carbons (Fsp3) is 0.250. The van der Waals surface area contributed by atoms with Crippen molar-refractivity contribution in [3.8, 4) is 6.07 Å². The van der Waals surface area contributed by atoms with Gasteiger partial charge in [0, 0.05) is 12.7 Å². The largest absolute Gasteiger partial charge is 0.468 e. The first-order chi connectivity index (χ1) is 12.7. The van der Waals surface area contributed by atoms with E-state index in [1.807, 2.05) is 6.07 Å². The zero-order valence-corrected chi connectivity index (χ0v) is 16.5. The molecule has 1 unspecified atom stereocenters. The molecule has 0 aliphatic rings. The normalized spacial score (nSPS) is 12.4. The van der Waals surface area contributed by atoms with Crippen molar-refractivity contribution in [1.29, 1.82) is 5.26 Å². The molecular weight excluding hydrogens is 415 g/mol. The second-order valence-electron chi connectivity index (χ2n) is 5.48. The number of nitrogen functional groups attached to an aromatic ring is 1. The number of methoxy groups -OCH3 is 1. The maximum Gasteiger partial charge on any atom is 0.323 e. The molecule has 0 saturated heterocycles. The molecule has 27 heavy (non-hydrogen) atoms. The maximum atomic E-state index is 12.6. The number of hydrogen-bond acceptors (Lipinski definition) is 6. The summed E-state index contributed by atoms with van der Waals surface area (Å²) in [5.41, 5.74) is 6.05. The summed E-state index contributed by atoms with van der Waals surface area (Å²) < 4.78 is 33.8. The fourth-order valence-electron chi connectivity index (χ4n) is 2.32. The predicted octanol–water partition coefficient (Wildman–Crippen LogP) is 2.16. The number of nitrogens with zero attached hydrogens (tertiary/aromatic N) is 2. The van der Waals surface area contributed by atoms with Gasteiger partial charge in [0.15, 0.2) is 0 Å². The molecule has 144 valence electrons. The van der Waals surface area contributed by atoms with E-state index in [9.17, 15) is 13.2 Å². The number of carbonyl (C=O) groups is 1. The van der Waals surface area contributed by atoms with Crippen LogP contribution in [-0.2, 0) is 26.1 Å². The summed E-state index contributed by atoms with van der Waals surface area (Å²) in [7, 11) is -2.98. The summed E-state index contributed by atoms with van der Waals surface area (Å²) in [6, 6.07) is 6.38. The van der Waals surface area contributed by atoms with E-state index in [2.05, 4.69) is 9.46 Å². The molecule has 3 N–H and O–H groups in total. The Morgan fingerprint density at radius 2 is 2.04 bits per heavy atom. The highest BCUT2D eigenvalue weighted by Crippen LogP contribution is 2.30. The Hall–Kier alpha value is -2.25. The second kappa shape index (κ2) is 8.63. The van der Waals surface area contributed by atoms with Crippen molar-refractivity contribution in [3.63, 3.8) is 0 Å². The number of anilines is 1. The van der Waals surface area contributed by atoms with Crippen molar-refractivity contribution in [3.05, 3.63) is 46.2 Å². The lowest BCUT2D eigenvalue weighted by atomic mass is 10.2. The number of rotatable bonds is 7. The number of nitrogens with two attached hydrogens (primary N) is 1. The van der Waals surface area contributed by atoms with E-state index in [-0.39, 0.29) is 33.6 Å². The summed E-state index contributed by atoms with van der Waals surface area (Å²) in [6.45, 7) is 0.224. The van der Waals surface area contributed by atoms with Crippen LogP contribution in [0, 0.1) is 11.3 Å². The van der Waals surface area contributed by atoms with Crippen LogP contribution in [0.25, 0.3) is 0 Å². The molecule has 1 heterocycles. The van der Waals surface area contributed by atoms with Crippen molar-refractivity contribution >= 4 is 44.9 Å². The molecule has 1 atom stereocenters. The highest BCUT2D eigenvalue weighted by Gasteiger charge is 2.27. The molecule has 0 radical (unpaired) electrons. The smallest absolute Gasteiger partial charge is 0.323 e. The highest BCUT2D eigenvalue weighted by molar-refractivity contribution is 7.89. The molecule has 11 heteroatoms. The molecule has 0 saturated carbocycles. The van der Waals surface area contributed by atoms with Gasteiger partial charge in [0.2, 0.25) is 10.0 Å². The monoisotopic (exact) mass is 430 g/mol. The number of nitriles is 1. The van der Waals surface area contributed by atoms with Gasteiger partial charge in [0.25, 0.3) is 0 Å². The topological polar surface area (TPSA) is 127 Å². The van der Waals surface area contributed by atoms with Gasteiger partial charge in [0.1, 0.15) is 17.8 Å². The molecular formula is C16H16Cl2N4O4S. The number of sulfonamides is 1. The Kier molecular flexibility index (Phi) is 6.73. The first kappa shape index (κ1) is 21.1. The number of benzene rings is 1. The number of esters is 1. The Balaban J connectivity index is 2.24. The summed E-state index contributed by atoms with van der Waals surface area (Å²) in [6.07, 6.45) is 1.71. The first-order valence-corrected chi connectivity index (χ1v) is 9.83. The van der Waals surface area contributed by atoms with Crippen LogP contribution >= 0.6 is 23.2 Å². The van der Waals surface area contributed by atoms with Crippen molar-refractivity contribution in [1.82, 2.24) is 9.29 Å². The van der Waals surface area contributed by atoms with E-state index in [0.29, 0.717) is 5.69 Å². The third-order valence-electron chi connectivity index (χ3n) is 3.75. The molecule has 0 spiro atoms. The molecule has 2 rings (SSSR count). The second-order valence-corrected chi connectivity index (χ2v) is 8.01. The number of carbonyl (C=O) groups excluding carboxylic acids is 1. The Labute approximate surface area is 166 Å². The number of nitrogens with one attached hydrogen (secondary N) is 1. The Morgan fingerprint density at radius 1 is 1.41 bits per heavy atom. The van der Waals surface area contributed by atoms with Gasteiger partial charge in [-0.3, -0.25) is 4.79 Å². The average molecular weight is 431 g/mol. The van der Waals surface area contributed by atoms with E-state index in [4.69, 9.17) is 34.2 Å². The molecule has 2 aromatic rings. The summed E-state index contributed by atoms with van der Waals surface area (Å²) in [5.74, 6) is -0.767. The van der Waals surface area contributed by atoms with E-state index in [1.165, 1.54) is 0 Å². The zero-order chi connectivity index (χ0) is 20.2. The third kappa shape index (κ3) is 4.93. The van der Waals surface area contributed by atoms with Crippen molar-refractivity contribution < 1.29 is 17.9 Å². The number of aromatic nitrogens is 1. The molecule has 0 fully saturated rings. The van der Waals surface area contributed by atoms with Crippen LogP contribution in [0.5, 0.6) is 0 Å². The molecule has 1 aromatic heterocycles. The zero-order valence-electron chi connectivity index (χ0n) is 14.1. The SMILES string of the molecule is COC(=O)C(CCn1cccc1C#N)NS(=O)(=O)c1cc(Cl)c(N)c(Cl)c1. The summed E-state index contributed by atoms with van der Waals surface area (Å²) >= 11 is 11.8. The first-order valence-electron chi connectivity index (χ1n) is 7.59. The fourth-order valence-corrected chi connectivity index (χ4v) is 4.20.